The summed E-state index contributed by atoms with van der Waals surface area (Å²) in [6.07, 6.45) is 0. The van der Waals surface area contributed by atoms with Gasteiger partial charge in [0.15, 0.2) is 5.75 Å². The van der Waals surface area contributed by atoms with Gasteiger partial charge in [-0.3, -0.25) is 4.55 Å². The van der Waals surface area contributed by atoms with E-state index in [0.717, 1.165) is 33.8 Å². The molecule has 0 aliphatic rings. The second-order valence-electron chi connectivity index (χ2n) is 11.7. The Kier molecular flexibility index (Phi) is 12.5. The Balaban J connectivity index is 1.22. The molecule has 0 aliphatic heterocycles. The number of fused-ring (bicyclic) bond motifs is 2. The molecule has 0 saturated carbocycles. The van der Waals surface area contributed by atoms with E-state index in [-0.39, 0.29) is 27.0 Å². The number of ether oxygens (including phenoxy) is 1. The number of aryl methyl sites for hydroxylation is 2. The first-order valence-electron chi connectivity index (χ1n) is 15.8. The molecule has 6 aromatic carbocycles. The first-order chi connectivity index (χ1) is 26.9. The lowest BCUT2D eigenvalue weighted by Gasteiger charge is -2.11. The van der Waals surface area contributed by atoms with Crippen LogP contribution in [0.15, 0.2) is 130 Å². The highest BCUT2D eigenvalue weighted by Crippen LogP contribution is 2.46. The fraction of sp³-hybridized carbons (Fsp3) is 0.0857. The maximum Gasteiger partial charge on any atom is 0.296 e. The SMILES string of the molecule is COc1cc(/N=N/c2ccc3c(SOOO)cccc3c2)ccc1/N=N/c1cc(C)c(/N=N/c2c(SOOO)cc3cc(S(=O)(=O)O)c(N)cc3c2O)cc1C. The number of nitrogens with zero attached hydrogens (tertiary/aromatic N) is 6. The Bertz CT molecular complexity index is 2660. The molecule has 0 aromatic heterocycles. The van der Waals surface area contributed by atoms with Crippen LogP contribution in [0.5, 0.6) is 11.5 Å². The summed E-state index contributed by atoms with van der Waals surface area (Å²) in [6, 6.07) is 23.3. The van der Waals surface area contributed by atoms with E-state index in [4.69, 9.17) is 21.0 Å². The van der Waals surface area contributed by atoms with Crippen LogP contribution < -0.4 is 10.5 Å². The van der Waals surface area contributed by atoms with Gasteiger partial charge in [-0.15, -0.1) is 18.9 Å². The van der Waals surface area contributed by atoms with Gasteiger partial charge in [-0.05, 0) is 102 Å². The summed E-state index contributed by atoms with van der Waals surface area (Å²) in [5, 5.41) is 63.8. The van der Waals surface area contributed by atoms with Gasteiger partial charge in [0.2, 0.25) is 0 Å². The van der Waals surface area contributed by atoms with Gasteiger partial charge in [0.05, 0.1) is 64.5 Å². The molecule has 0 unspecified atom stereocenters. The normalized spacial score (nSPS) is 12.2. The highest BCUT2D eigenvalue weighted by Gasteiger charge is 2.21. The van der Waals surface area contributed by atoms with Crippen LogP contribution in [0.2, 0.25) is 0 Å². The number of nitrogens with two attached hydrogens (primary N) is 1. The highest BCUT2D eigenvalue weighted by atomic mass is 32.2. The van der Waals surface area contributed by atoms with Gasteiger partial charge >= 0.3 is 0 Å². The highest BCUT2D eigenvalue weighted by molar-refractivity contribution is 7.95. The van der Waals surface area contributed by atoms with E-state index < -0.39 is 20.8 Å². The molecule has 288 valence electrons. The smallest absolute Gasteiger partial charge is 0.296 e. The molecular weight excluding hydrogens is 791 g/mol. The van der Waals surface area contributed by atoms with Crippen molar-refractivity contribution >= 4 is 95.6 Å². The van der Waals surface area contributed by atoms with Crippen molar-refractivity contribution in [2.45, 2.75) is 28.5 Å². The van der Waals surface area contributed by atoms with Crippen LogP contribution in [-0.4, -0.2) is 35.7 Å². The zero-order valence-electron chi connectivity index (χ0n) is 29.2. The molecule has 0 atom stereocenters. The van der Waals surface area contributed by atoms with E-state index in [2.05, 4.69) is 49.4 Å². The number of rotatable bonds is 14. The van der Waals surface area contributed by atoms with Gasteiger partial charge in [0.25, 0.3) is 10.1 Å². The summed E-state index contributed by atoms with van der Waals surface area (Å²) in [5.41, 5.74) is 9.27. The summed E-state index contributed by atoms with van der Waals surface area (Å²) < 4.78 is 47.8. The molecule has 56 heavy (non-hydrogen) atoms. The van der Waals surface area contributed by atoms with E-state index in [1.54, 1.807) is 50.2 Å². The number of anilines is 1. The lowest BCUT2D eigenvalue weighted by Crippen LogP contribution is -2.03. The van der Waals surface area contributed by atoms with E-state index in [9.17, 15) is 18.1 Å². The number of hydrogen-bond donors (Lipinski definition) is 5. The van der Waals surface area contributed by atoms with Crippen LogP contribution in [-0.2, 0) is 28.9 Å². The van der Waals surface area contributed by atoms with E-state index >= 15 is 0 Å². The Morgan fingerprint density at radius 3 is 1.95 bits per heavy atom. The van der Waals surface area contributed by atoms with Crippen molar-refractivity contribution in [1.29, 1.82) is 0 Å². The third-order valence-corrected chi connectivity index (χ3v) is 10.3. The van der Waals surface area contributed by atoms with Crippen molar-refractivity contribution < 1.29 is 52.1 Å². The Hall–Kier alpha value is -5.59. The monoisotopic (exact) mass is 819 g/mol. The minimum Gasteiger partial charge on any atom is -0.505 e. The van der Waals surface area contributed by atoms with Crippen LogP contribution in [0.3, 0.4) is 0 Å². The Morgan fingerprint density at radius 2 is 1.29 bits per heavy atom. The quantitative estimate of drug-likeness (QED) is 0.0171. The number of phenols is 1. The number of aromatic hydroxyl groups is 1. The van der Waals surface area contributed by atoms with Crippen molar-refractivity contribution in [3.63, 3.8) is 0 Å². The van der Waals surface area contributed by atoms with Crippen molar-refractivity contribution in [2.75, 3.05) is 12.8 Å². The average molecular weight is 820 g/mol. The Morgan fingerprint density at radius 1 is 0.661 bits per heavy atom. The zero-order chi connectivity index (χ0) is 40.0. The lowest BCUT2D eigenvalue weighted by atomic mass is 10.1. The molecule has 0 bridgehead atoms. The molecule has 21 heteroatoms. The first-order valence-corrected chi connectivity index (χ1v) is 18.8. The van der Waals surface area contributed by atoms with Gasteiger partial charge in [-0.2, -0.15) is 28.9 Å². The van der Waals surface area contributed by atoms with Gasteiger partial charge < -0.3 is 15.6 Å². The van der Waals surface area contributed by atoms with E-state index in [1.807, 2.05) is 30.3 Å². The largest absolute Gasteiger partial charge is 0.505 e. The van der Waals surface area contributed by atoms with Gasteiger partial charge in [0.1, 0.15) is 22.0 Å². The molecule has 0 amide bonds. The van der Waals surface area contributed by atoms with Crippen LogP contribution in [0.25, 0.3) is 21.5 Å². The zero-order valence-corrected chi connectivity index (χ0v) is 31.7. The molecule has 6 aromatic rings. The standard InChI is InChI=1S/C35H29N7O11S3/c1-18-12-29(41-42-34-32(55-53-51-45)14-21-15-33(56(46,47)48)26(36)17-25(21)35(34)43)19(2)11-28(18)40-39-27-10-8-23(16-30(27)49-3)38-37-22-7-9-24-20(13-22)5-4-6-31(24)54-52-50-44/h4-17,43-45H,36H2,1-3H3,(H,46,47,48)/b38-37+,40-39+,42-41+. The maximum absolute atomic E-state index is 11.8. The second kappa shape index (κ2) is 17.5. The second-order valence-corrected chi connectivity index (χ2v) is 14.5. The van der Waals surface area contributed by atoms with Crippen molar-refractivity contribution in [3.8, 4) is 11.5 Å². The predicted octanol–water partition coefficient (Wildman–Crippen LogP) is 11.3. The molecule has 0 radical (unpaired) electrons. The molecule has 6 rings (SSSR count). The number of benzene rings is 6. The molecule has 0 heterocycles. The predicted molar refractivity (Wildman–Crippen MR) is 207 cm³/mol. The van der Waals surface area contributed by atoms with Crippen molar-refractivity contribution in [2.24, 2.45) is 30.7 Å². The maximum atomic E-state index is 11.8. The van der Waals surface area contributed by atoms with Crippen molar-refractivity contribution in [1.82, 2.24) is 0 Å². The Labute approximate surface area is 326 Å². The minimum absolute atomic E-state index is 0.0737. The molecule has 6 N–H and O–H groups in total. The molecule has 18 nitrogen and oxygen atoms in total. The molecule has 0 fully saturated rings. The number of phenolic OH excluding ortho intramolecular Hbond substituents is 1. The number of hydrogen-bond acceptors (Lipinski definition) is 19. The third-order valence-electron chi connectivity index (χ3n) is 8.07. The van der Waals surface area contributed by atoms with Crippen LogP contribution in [0.4, 0.5) is 39.8 Å². The van der Waals surface area contributed by atoms with Gasteiger partial charge in [-0.1, -0.05) is 28.3 Å². The third kappa shape index (κ3) is 9.09. The van der Waals surface area contributed by atoms with Crippen LogP contribution >= 0.6 is 24.1 Å². The lowest BCUT2D eigenvalue weighted by molar-refractivity contribution is -0.432. The fourth-order valence-electron chi connectivity index (χ4n) is 5.39. The summed E-state index contributed by atoms with van der Waals surface area (Å²) in [5.74, 6) is -0.0266. The van der Waals surface area contributed by atoms with E-state index in [1.165, 1.54) is 19.2 Å². The van der Waals surface area contributed by atoms with E-state index in [0.29, 0.717) is 57.4 Å². The van der Waals surface area contributed by atoms with Gasteiger partial charge in [0, 0.05) is 16.3 Å². The topological polar surface area (TPSA) is 261 Å². The number of nitrogen functional groups attached to an aromatic ring is 1. The summed E-state index contributed by atoms with van der Waals surface area (Å²) in [4.78, 5) is 0.252. The summed E-state index contributed by atoms with van der Waals surface area (Å²) in [6.45, 7) is 3.57. The fourth-order valence-corrected chi connectivity index (χ4v) is 7.03. The number of azo groups is 3. The first kappa shape index (κ1) is 40.1. The molecule has 0 spiro atoms. The van der Waals surface area contributed by atoms with Crippen LogP contribution in [0, 0.1) is 13.8 Å². The summed E-state index contributed by atoms with van der Waals surface area (Å²) in [7, 11) is -3.17. The molecular formula is C35H29N7O11S3. The molecule has 0 saturated heterocycles. The minimum atomic E-state index is -4.67. The van der Waals surface area contributed by atoms with Gasteiger partial charge in [-0.25, -0.2) is 10.5 Å². The average Bonchev–Trinajstić information content (AvgIpc) is 3.18. The van der Waals surface area contributed by atoms with Crippen molar-refractivity contribution in [3.05, 3.63) is 96.1 Å². The van der Waals surface area contributed by atoms with Crippen LogP contribution in [0.1, 0.15) is 11.1 Å². The summed E-state index contributed by atoms with van der Waals surface area (Å²) >= 11 is 1.33. The number of methoxy groups -OCH3 is 1. The molecule has 0 aliphatic carbocycles.